The number of thioether (sulfide) groups is 1. The molecule has 3 aromatic heterocycles. The third-order valence-electron chi connectivity index (χ3n) is 4.62. The Morgan fingerprint density at radius 3 is 2.58 bits per heavy atom. The van der Waals surface area contributed by atoms with E-state index in [9.17, 15) is 0 Å². The van der Waals surface area contributed by atoms with Gasteiger partial charge in [-0.3, -0.25) is 4.57 Å². The van der Waals surface area contributed by atoms with Crippen LogP contribution in [0.5, 0.6) is 5.75 Å². The number of thiophene rings is 1. The number of hydrogen-bond donors (Lipinski definition) is 0. The van der Waals surface area contributed by atoms with Crippen molar-refractivity contribution < 1.29 is 4.74 Å². The van der Waals surface area contributed by atoms with E-state index >= 15 is 0 Å². The molecule has 5 nitrogen and oxygen atoms in total. The van der Waals surface area contributed by atoms with Gasteiger partial charge in [0.05, 0.1) is 23.4 Å². The number of benzene rings is 2. The molecule has 5 aromatic rings. The lowest BCUT2D eigenvalue weighted by Crippen LogP contribution is -2.01. The molecule has 8 heteroatoms. The molecule has 0 saturated heterocycles. The average molecular weight is 463 g/mol. The van der Waals surface area contributed by atoms with Gasteiger partial charge in [-0.1, -0.05) is 60.3 Å². The molecule has 154 valence electrons. The molecular formula is C23H18N4OS3. The Labute approximate surface area is 192 Å². The van der Waals surface area contributed by atoms with E-state index in [1.165, 1.54) is 0 Å². The Morgan fingerprint density at radius 2 is 1.77 bits per heavy atom. The van der Waals surface area contributed by atoms with Gasteiger partial charge in [-0.2, -0.15) is 0 Å². The maximum absolute atomic E-state index is 5.62. The van der Waals surface area contributed by atoms with Crippen molar-refractivity contribution in [1.82, 2.24) is 19.7 Å². The number of nitrogens with zero attached hydrogens (tertiary/aromatic N) is 4. The summed E-state index contributed by atoms with van der Waals surface area (Å²) in [4.78, 5) is 5.87. The van der Waals surface area contributed by atoms with E-state index in [1.807, 2.05) is 53.9 Å². The highest BCUT2D eigenvalue weighted by molar-refractivity contribution is 7.98. The summed E-state index contributed by atoms with van der Waals surface area (Å²) in [6, 6.07) is 22.3. The van der Waals surface area contributed by atoms with Crippen LogP contribution in [0.1, 0.15) is 5.69 Å². The lowest BCUT2D eigenvalue weighted by Gasteiger charge is -2.13. The quantitative estimate of drug-likeness (QED) is 0.261. The molecule has 0 saturated carbocycles. The fourth-order valence-electron chi connectivity index (χ4n) is 3.19. The largest absolute Gasteiger partial charge is 0.495 e. The molecule has 3 heterocycles. The van der Waals surface area contributed by atoms with Crippen molar-refractivity contribution in [2.75, 3.05) is 7.11 Å². The van der Waals surface area contributed by atoms with Crippen LogP contribution in [0.15, 0.2) is 82.6 Å². The summed E-state index contributed by atoms with van der Waals surface area (Å²) in [7, 11) is 1.68. The van der Waals surface area contributed by atoms with E-state index in [0.29, 0.717) is 5.75 Å². The first-order chi connectivity index (χ1) is 15.3. The third-order valence-corrected chi connectivity index (χ3v) is 7.39. The molecule has 0 amide bonds. The number of ether oxygens (including phenoxy) is 1. The van der Waals surface area contributed by atoms with Gasteiger partial charge in [-0.05, 0) is 23.6 Å². The summed E-state index contributed by atoms with van der Waals surface area (Å²) in [5.74, 6) is 2.30. The Bertz CT molecular complexity index is 1280. The zero-order chi connectivity index (χ0) is 21.0. The van der Waals surface area contributed by atoms with E-state index in [1.54, 1.807) is 41.5 Å². The SMILES string of the molecule is COc1ccccc1-n1c(SCc2csc(-c3ccccc3)n2)nnc1-c1cccs1. The van der Waals surface area contributed by atoms with Crippen molar-refractivity contribution >= 4 is 34.4 Å². The molecular weight excluding hydrogens is 444 g/mol. The predicted molar refractivity (Wildman–Crippen MR) is 128 cm³/mol. The van der Waals surface area contributed by atoms with Crippen LogP contribution in [-0.4, -0.2) is 26.9 Å². The smallest absolute Gasteiger partial charge is 0.196 e. The van der Waals surface area contributed by atoms with Crippen molar-refractivity contribution in [2.45, 2.75) is 10.9 Å². The van der Waals surface area contributed by atoms with Crippen molar-refractivity contribution in [3.05, 3.63) is 83.2 Å². The van der Waals surface area contributed by atoms with Crippen LogP contribution < -0.4 is 4.74 Å². The molecule has 0 aliphatic heterocycles. The zero-order valence-corrected chi connectivity index (χ0v) is 19.1. The lowest BCUT2D eigenvalue weighted by molar-refractivity contribution is 0.412. The molecule has 0 bridgehead atoms. The maximum Gasteiger partial charge on any atom is 0.196 e. The highest BCUT2D eigenvalue weighted by Crippen LogP contribution is 2.35. The van der Waals surface area contributed by atoms with Gasteiger partial charge in [0, 0.05) is 16.7 Å². The van der Waals surface area contributed by atoms with Crippen LogP contribution in [-0.2, 0) is 5.75 Å². The molecule has 0 atom stereocenters. The molecule has 0 radical (unpaired) electrons. The summed E-state index contributed by atoms with van der Waals surface area (Å²) in [5.41, 5.74) is 3.09. The minimum atomic E-state index is 0.709. The van der Waals surface area contributed by atoms with Gasteiger partial charge < -0.3 is 4.74 Å². The molecule has 0 aliphatic rings. The van der Waals surface area contributed by atoms with Crippen molar-refractivity contribution in [1.29, 1.82) is 0 Å². The summed E-state index contributed by atoms with van der Waals surface area (Å²) in [5, 5.41) is 15.0. The third kappa shape index (κ3) is 4.14. The first kappa shape index (κ1) is 20.0. The van der Waals surface area contributed by atoms with E-state index in [4.69, 9.17) is 9.72 Å². The number of methoxy groups -OCH3 is 1. The maximum atomic E-state index is 5.62. The van der Waals surface area contributed by atoms with E-state index in [-0.39, 0.29) is 0 Å². The van der Waals surface area contributed by atoms with Gasteiger partial charge in [0.15, 0.2) is 11.0 Å². The molecule has 0 fully saturated rings. The van der Waals surface area contributed by atoms with Gasteiger partial charge in [0.25, 0.3) is 0 Å². The second-order valence-corrected chi connectivity index (χ2v) is 9.34. The Hall–Kier alpha value is -2.94. The summed E-state index contributed by atoms with van der Waals surface area (Å²) < 4.78 is 7.69. The lowest BCUT2D eigenvalue weighted by atomic mass is 10.2. The number of aromatic nitrogens is 4. The van der Waals surface area contributed by atoms with E-state index in [0.717, 1.165) is 43.6 Å². The number of para-hydroxylation sites is 2. The standard InChI is InChI=1S/C23H18N4OS3/c1-28-19-11-6-5-10-18(19)27-21(20-12-7-13-29-20)25-26-23(27)31-15-17-14-30-22(24-17)16-8-3-2-4-9-16/h2-14H,15H2,1H3. The van der Waals surface area contributed by atoms with Gasteiger partial charge in [0.2, 0.25) is 0 Å². The molecule has 2 aromatic carbocycles. The topological polar surface area (TPSA) is 52.8 Å². The molecule has 0 aliphatic carbocycles. The molecule has 31 heavy (non-hydrogen) atoms. The number of thiazole rings is 1. The minimum Gasteiger partial charge on any atom is -0.495 e. The van der Waals surface area contributed by atoms with Gasteiger partial charge >= 0.3 is 0 Å². The fourth-order valence-corrected chi connectivity index (χ4v) is 5.65. The van der Waals surface area contributed by atoms with Crippen LogP contribution in [0.3, 0.4) is 0 Å². The molecule has 5 rings (SSSR count). The predicted octanol–water partition coefficient (Wildman–Crippen LogP) is 6.42. The summed E-state index contributed by atoms with van der Waals surface area (Å²) >= 11 is 4.93. The number of hydrogen-bond acceptors (Lipinski definition) is 7. The minimum absolute atomic E-state index is 0.709. The van der Waals surface area contributed by atoms with Crippen molar-refractivity contribution in [3.8, 4) is 32.7 Å². The monoisotopic (exact) mass is 462 g/mol. The van der Waals surface area contributed by atoms with Crippen molar-refractivity contribution in [2.24, 2.45) is 0 Å². The normalized spacial score (nSPS) is 11.0. The average Bonchev–Trinajstić information content (AvgIpc) is 3.59. The second kappa shape index (κ2) is 9.05. The Morgan fingerprint density at radius 1 is 0.935 bits per heavy atom. The summed E-state index contributed by atoms with van der Waals surface area (Å²) in [6.07, 6.45) is 0. The molecule has 0 spiro atoms. The highest BCUT2D eigenvalue weighted by Gasteiger charge is 2.20. The van der Waals surface area contributed by atoms with E-state index in [2.05, 4.69) is 38.3 Å². The molecule has 0 unspecified atom stereocenters. The van der Waals surface area contributed by atoms with Gasteiger partial charge in [-0.15, -0.1) is 32.9 Å². The van der Waals surface area contributed by atoms with Crippen LogP contribution in [0, 0.1) is 0 Å². The first-order valence-corrected chi connectivity index (χ1v) is 12.3. The zero-order valence-electron chi connectivity index (χ0n) is 16.6. The summed E-state index contributed by atoms with van der Waals surface area (Å²) in [6.45, 7) is 0. The highest BCUT2D eigenvalue weighted by atomic mass is 32.2. The van der Waals surface area contributed by atoms with Crippen LogP contribution >= 0.6 is 34.4 Å². The first-order valence-electron chi connectivity index (χ1n) is 9.59. The number of rotatable bonds is 7. The van der Waals surface area contributed by atoms with Crippen LogP contribution in [0.25, 0.3) is 27.0 Å². The van der Waals surface area contributed by atoms with Gasteiger partial charge in [0.1, 0.15) is 10.8 Å². The van der Waals surface area contributed by atoms with Gasteiger partial charge in [-0.25, -0.2) is 4.98 Å². The van der Waals surface area contributed by atoms with Crippen LogP contribution in [0.4, 0.5) is 0 Å². The second-order valence-electron chi connectivity index (χ2n) is 6.59. The van der Waals surface area contributed by atoms with Crippen molar-refractivity contribution in [3.63, 3.8) is 0 Å². The molecule has 0 N–H and O–H groups in total. The van der Waals surface area contributed by atoms with E-state index < -0.39 is 0 Å². The Kier molecular flexibility index (Phi) is 5.84. The Balaban J connectivity index is 1.47. The van der Waals surface area contributed by atoms with Crippen LogP contribution in [0.2, 0.25) is 0 Å². The fraction of sp³-hybridized carbons (Fsp3) is 0.0870.